The summed E-state index contributed by atoms with van der Waals surface area (Å²) in [6, 6.07) is 0. The highest BCUT2D eigenvalue weighted by atomic mass is 19.3. The van der Waals surface area contributed by atoms with E-state index in [0.29, 0.717) is 13.1 Å². The van der Waals surface area contributed by atoms with Crippen LogP contribution < -0.4 is 11.1 Å². The van der Waals surface area contributed by atoms with E-state index in [-0.39, 0.29) is 5.69 Å². The fourth-order valence-electron chi connectivity index (χ4n) is 1.02. The van der Waals surface area contributed by atoms with E-state index in [1.807, 2.05) is 0 Å². The van der Waals surface area contributed by atoms with E-state index in [4.69, 9.17) is 10.8 Å². The first-order valence-electron chi connectivity index (χ1n) is 4.89. The molecule has 9 heteroatoms. The summed E-state index contributed by atoms with van der Waals surface area (Å²) < 4.78 is 25.2. The molecule has 1 unspecified atom stereocenters. The minimum Gasteiger partial charge on any atom is -0.385 e. The van der Waals surface area contributed by atoms with E-state index >= 15 is 0 Å². The van der Waals surface area contributed by atoms with Crippen molar-refractivity contribution < 1.29 is 18.7 Å². The van der Waals surface area contributed by atoms with Crippen LogP contribution in [0, 0.1) is 0 Å². The summed E-state index contributed by atoms with van der Waals surface area (Å²) in [5.74, 6) is -0.673. The summed E-state index contributed by atoms with van der Waals surface area (Å²) in [7, 11) is 0. The molecule has 0 saturated heterocycles. The molecule has 0 spiro atoms. The molecule has 0 fully saturated rings. The molecule has 1 rings (SSSR count). The number of rotatable bonds is 6. The summed E-state index contributed by atoms with van der Waals surface area (Å²) in [6.45, 7) is 0.203. The topological polar surface area (TPSA) is 106 Å². The second-order valence-electron chi connectivity index (χ2n) is 3.27. The van der Waals surface area contributed by atoms with Crippen molar-refractivity contribution in [2.75, 3.05) is 13.1 Å². The second-order valence-corrected chi connectivity index (χ2v) is 3.27. The number of halogens is 2. The number of nitrogens with one attached hydrogen (secondary N) is 1. The normalized spacial score (nSPS) is 12.8. The van der Waals surface area contributed by atoms with Gasteiger partial charge in [0.05, 0.1) is 12.7 Å². The number of alkyl halides is 2. The lowest BCUT2D eigenvalue weighted by molar-refractivity contribution is -0.00272. The molecule has 4 N–H and O–H groups in total. The zero-order valence-corrected chi connectivity index (χ0v) is 8.88. The Hall–Kier alpha value is -1.61. The largest absolute Gasteiger partial charge is 0.385 e. The number of carbonyl (C=O) groups excluding carboxylic acids is 1. The summed E-state index contributed by atoms with van der Waals surface area (Å²) in [5.41, 5.74) is 5.26. The first-order chi connectivity index (χ1) is 8.04. The minimum atomic E-state index is -2.90. The number of carbonyl (C=O) groups is 1. The van der Waals surface area contributed by atoms with Gasteiger partial charge in [-0.05, 0) is 0 Å². The third kappa shape index (κ3) is 4.04. The lowest BCUT2D eigenvalue weighted by Crippen LogP contribution is -2.36. The molecule has 0 aliphatic carbocycles. The van der Waals surface area contributed by atoms with E-state index in [9.17, 15) is 13.6 Å². The van der Waals surface area contributed by atoms with Crippen molar-refractivity contribution in [2.45, 2.75) is 19.1 Å². The molecule has 96 valence electrons. The highest BCUT2D eigenvalue weighted by Crippen LogP contribution is 1.99. The number of aliphatic hydroxyl groups is 1. The molecule has 1 aromatic heterocycles. The molecule has 7 nitrogen and oxygen atoms in total. The van der Waals surface area contributed by atoms with Crippen LogP contribution in [0.25, 0.3) is 0 Å². The molecule has 1 atom stereocenters. The molecule has 0 radical (unpaired) electrons. The van der Waals surface area contributed by atoms with Gasteiger partial charge >= 0.3 is 0 Å². The Morgan fingerprint density at radius 2 is 2.35 bits per heavy atom. The number of aliphatic hydroxyl groups excluding tert-OH is 1. The number of hydrogen-bond acceptors (Lipinski definition) is 5. The number of hydrogen-bond donors (Lipinski definition) is 3. The minimum absolute atomic E-state index is 0.0140. The van der Waals surface area contributed by atoms with Crippen LogP contribution in [0.3, 0.4) is 0 Å². The summed E-state index contributed by atoms with van der Waals surface area (Å²) >= 11 is 0. The van der Waals surface area contributed by atoms with Crippen LogP contribution in [-0.2, 0) is 6.54 Å². The maximum atomic E-state index is 11.9. The highest BCUT2D eigenvalue weighted by molar-refractivity contribution is 5.91. The SMILES string of the molecule is NCCn1cc(C(=O)NCC(O)C(F)F)nn1. The predicted molar refractivity (Wildman–Crippen MR) is 53.4 cm³/mol. The van der Waals surface area contributed by atoms with Crippen LogP contribution in [0.15, 0.2) is 6.20 Å². The van der Waals surface area contributed by atoms with Crippen molar-refractivity contribution in [3.8, 4) is 0 Å². The molecule has 0 aromatic carbocycles. The van der Waals surface area contributed by atoms with Gasteiger partial charge in [-0.1, -0.05) is 5.21 Å². The summed E-state index contributed by atoms with van der Waals surface area (Å²) in [4.78, 5) is 11.4. The zero-order chi connectivity index (χ0) is 12.8. The molecule has 0 aliphatic heterocycles. The summed E-state index contributed by atoms with van der Waals surface area (Å²) in [5, 5.41) is 18.0. The Morgan fingerprint density at radius 3 is 2.94 bits per heavy atom. The van der Waals surface area contributed by atoms with Crippen LogP contribution in [0.5, 0.6) is 0 Å². The molecule has 1 amide bonds. The Morgan fingerprint density at radius 1 is 1.65 bits per heavy atom. The number of amides is 1. The average molecular weight is 249 g/mol. The maximum absolute atomic E-state index is 11.9. The fraction of sp³-hybridized carbons (Fsp3) is 0.625. The quantitative estimate of drug-likeness (QED) is 0.574. The Bertz CT molecular complexity index is 371. The zero-order valence-electron chi connectivity index (χ0n) is 8.88. The van der Waals surface area contributed by atoms with E-state index in [0.717, 1.165) is 0 Å². The number of nitrogens with two attached hydrogens (primary N) is 1. The van der Waals surface area contributed by atoms with Gasteiger partial charge < -0.3 is 16.2 Å². The van der Waals surface area contributed by atoms with E-state index in [1.54, 1.807) is 0 Å². The monoisotopic (exact) mass is 249 g/mol. The maximum Gasteiger partial charge on any atom is 0.273 e. The van der Waals surface area contributed by atoms with E-state index in [2.05, 4.69) is 15.6 Å². The summed E-state index contributed by atoms with van der Waals surface area (Å²) in [6.07, 6.45) is -3.45. The van der Waals surface area contributed by atoms with Gasteiger partial charge in [-0.25, -0.2) is 8.78 Å². The standard InChI is InChI=1S/C8H13F2N5O2/c9-7(10)6(16)3-12-8(17)5-4-15(2-1-11)14-13-5/h4,6-7,16H,1-3,11H2,(H,12,17). The van der Waals surface area contributed by atoms with Crippen molar-refractivity contribution in [2.24, 2.45) is 5.73 Å². The second kappa shape index (κ2) is 6.21. The molecule has 0 saturated carbocycles. The van der Waals surface area contributed by atoms with Crippen LogP contribution in [-0.4, -0.2) is 51.6 Å². The van der Waals surface area contributed by atoms with Crippen molar-refractivity contribution in [3.63, 3.8) is 0 Å². The van der Waals surface area contributed by atoms with Gasteiger partial charge in [0.2, 0.25) is 0 Å². The first kappa shape index (κ1) is 13.5. The Balaban J connectivity index is 2.46. The van der Waals surface area contributed by atoms with Gasteiger partial charge in [0.15, 0.2) is 5.69 Å². The third-order valence-corrected chi connectivity index (χ3v) is 1.89. The molecule has 1 aromatic rings. The van der Waals surface area contributed by atoms with E-state index in [1.165, 1.54) is 10.9 Å². The number of nitrogens with zero attached hydrogens (tertiary/aromatic N) is 3. The average Bonchev–Trinajstić information content (AvgIpc) is 2.74. The third-order valence-electron chi connectivity index (χ3n) is 1.89. The fourth-order valence-corrected chi connectivity index (χ4v) is 1.02. The smallest absolute Gasteiger partial charge is 0.273 e. The van der Waals surface area contributed by atoms with Crippen molar-refractivity contribution >= 4 is 5.91 Å². The first-order valence-corrected chi connectivity index (χ1v) is 4.89. The van der Waals surface area contributed by atoms with Crippen molar-refractivity contribution in [3.05, 3.63) is 11.9 Å². The van der Waals surface area contributed by atoms with Crippen LogP contribution in [0.4, 0.5) is 8.78 Å². The van der Waals surface area contributed by atoms with Gasteiger partial charge in [0.1, 0.15) is 6.10 Å². The lowest BCUT2D eigenvalue weighted by atomic mass is 10.3. The van der Waals surface area contributed by atoms with Gasteiger partial charge in [-0.15, -0.1) is 5.10 Å². The molecule has 17 heavy (non-hydrogen) atoms. The van der Waals surface area contributed by atoms with Gasteiger partial charge in [-0.3, -0.25) is 9.48 Å². The van der Waals surface area contributed by atoms with E-state index < -0.39 is 25.0 Å². The van der Waals surface area contributed by atoms with Crippen molar-refractivity contribution in [1.82, 2.24) is 20.3 Å². The van der Waals surface area contributed by atoms with Crippen LogP contribution in [0.1, 0.15) is 10.5 Å². The van der Waals surface area contributed by atoms with Crippen LogP contribution >= 0.6 is 0 Å². The van der Waals surface area contributed by atoms with Gasteiger partial charge in [0.25, 0.3) is 12.3 Å². The Kier molecular flexibility index (Phi) is 4.91. The molecular formula is C8H13F2N5O2. The van der Waals surface area contributed by atoms with Crippen molar-refractivity contribution in [1.29, 1.82) is 0 Å². The Labute approximate surface area is 95.6 Å². The predicted octanol–water partition coefficient (Wildman–Crippen LogP) is -1.41. The van der Waals surface area contributed by atoms with Crippen LogP contribution in [0.2, 0.25) is 0 Å². The molecule has 0 aliphatic rings. The van der Waals surface area contributed by atoms with Gasteiger partial charge in [0, 0.05) is 13.1 Å². The van der Waals surface area contributed by atoms with Gasteiger partial charge in [-0.2, -0.15) is 0 Å². The molecule has 0 bridgehead atoms. The number of aromatic nitrogens is 3. The molecule has 1 heterocycles. The lowest BCUT2D eigenvalue weighted by Gasteiger charge is -2.09. The highest BCUT2D eigenvalue weighted by Gasteiger charge is 2.18. The molecular weight excluding hydrogens is 236 g/mol.